The van der Waals surface area contributed by atoms with Gasteiger partial charge in [0.25, 0.3) is 0 Å². The highest BCUT2D eigenvalue weighted by molar-refractivity contribution is 8.03. The molecule has 0 spiro atoms. The van der Waals surface area contributed by atoms with Crippen LogP contribution in [0.15, 0.2) is 75.6 Å². The van der Waals surface area contributed by atoms with E-state index in [-0.39, 0.29) is 5.41 Å². The topological polar surface area (TPSA) is 0 Å². The average Bonchev–Trinajstić information content (AvgIpc) is 2.59. The number of rotatable bonds is 7. The van der Waals surface area contributed by atoms with Crippen molar-refractivity contribution in [3.05, 3.63) is 76.3 Å². The van der Waals surface area contributed by atoms with E-state index in [1.807, 2.05) is 6.92 Å². The molecule has 0 aromatic heterocycles. The predicted octanol–water partition coefficient (Wildman–Crippen LogP) is 7.84. The summed E-state index contributed by atoms with van der Waals surface area (Å²) in [4.78, 5) is 2.49. The molecule has 0 radical (unpaired) electrons. The van der Waals surface area contributed by atoms with Crippen molar-refractivity contribution in [1.29, 1.82) is 0 Å². The standard InChI is InChI=1S/C25H32S/c1-8-11-14-20(4)19-21(12-9-2)24(13-10-3)26-23-17-15-22(16-18-23)25(5,6)7/h3,8-9,11-12,14-18H,13,19H2,1-2,4-7H3/b11-8-,12-9-,20-14+,24-21-. The molecule has 0 amide bonds. The maximum absolute atomic E-state index is 5.66. The summed E-state index contributed by atoms with van der Waals surface area (Å²) in [6.45, 7) is 13.0. The molecule has 1 rings (SSSR count). The first-order valence-corrected chi connectivity index (χ1v) is 9.98. The molecule has 0 heterocycles. The number of hydrogen-bond donors (Lipinski definition) is 0. The van der Waals surface area contributed by atoms with Crippen LogP contribution in [0.5, 0.6) is 0 Å². The molecule has 138 valence electrons. The third kappa shape index (κ3) is 7.54. The van der Waals surface area contributed by atoms with Crippen LogP contribution < -0.4 is 0 Å². The van der Waals surface area contributed by atoms with E-state index in [9.17, 15) is 0 Å². The molecule has 0 unspecified atom stereocenters. The summed E-state index contributed by atoms with van der Waals surface area (Å²) in [6.07, 6.45) is 17.8. The molecule has 0 atom stereocenters. The molecular weight excluding hydrogens is 332 g/mol. The van der Waals surface area contributed by atoms with Gasteiger partial charge in [-0.05, 0) is 55.9 Å². The van der Waals surface area contributed by atoms with Crippen molar-refractivity contribution in [1.82, 2.24) is 0 Å². The first-order chi connectivity index (χ1) is 12.3. The van der Waals surface area contributed by atoms with E-state index in [0.29, 0.717) is 6.42 Å². The largest absolute Gasteiger partial charge is 0.120 e. The highest BCUT2D eigenvalue weighted by Gasteiger charge is 2.13. The molecular formula is C25H32S. The lowest BCUT2D eigenvalue weighted by Crippen LogP contribution is -2.10. The summed E-state index contributed by atoms with van der Waals surface area (Å²) < 4.78 is 0. The van der Waals surface area contributed by atoms with Gasteiger partial charge in [0.15, 0.2) is 0 Å². The van der Waals surface area contributed by atoms with E-state index < -0.39 is 0 Å². The lowest BCUT2D eigenvalue weighted by atomic mass is 9.87. The van der Waals surface area contributed by atoms with Gasteiger partial charge in [-0.15, -0.1) is 12.3 Å². The van der Waals surface area contributed by atoms with Crippen LogP contribution in [0.1, 0.15) is 59.9 Å². The van der Waals surface area contributed by atoms with Crippen molar-refractivity contribution in [3.63, 3.8) is 0 Å². The predicted molar refractivity (Wildman–Crippen MR) is 119 cm³/mol. The first kappa shape index (κ1) is 22.1. The third-order valence-corrected chi connectivity index (χ3v) is 5.15. The Morgan fingerprint density at radius 2 is 1.77 bits per heavy atom. The first-order valence-electron chi connectivity index (χ1n) is 9.16. The maximum atomic E-state index is 5.66. The second-order valence-corrected chi connectivity index (χ2v) is 8.59. The Bertz CT molecular complexity index is 726. The van der Waals surface area contributed by atoms with Crippen LogP contribution in [0.25, 0.3) is 0 Å². The fourth-order valence-electron chi connectivity index (χ4n) is 2.54. The van der Waals surface area contributed by atoms with E-state index in [4.69, 9.17) is 6.42 Å². The minimum Gasteiger partial charge on any atom is -0.120 e. The highest BCUT2D eigenvalue weighted by atomic mass is 32.2. The molecule has 1 aromatic rings. The van der Waals surface area contributed by atoms with E-state index in [1.165, 1.54) is 26.5 Å². The molecule has 0 nitrogen and oxygen atoms in total. The zero-order valence-electron chi connectivity index (χ0n) is 17.1. The summed E-state index contributed by atoms with van der Waals surface area (Å²) in [6, 6.07) is 8.86. The molecule has 0 saturated carbocycles. The third-order valence-electron chi connectivity index (χ3n) is 3.99. The van der Waals surface area contributed by atoms with Crippen LogP contribution in [-0.4, -0.2) is 0 Å². The van der Waals surface area contributed by atoms with E-state index in [1.54, 1.807) is 11.8 Å². The van der Waals surface area contributed by atoms with Gasteiger partial charge in [-0.2, -0.15) is 0 Å². The fourth-order valence-corrected chi connectivity index (χ4v) is 3.53. The SMILES string of the molecule is C#CC/C(Sc1ccc(C(C)(C)C)cc1)=C(\C=C/C)C/C(C)=C/C=C\C. The number of allylic oxidation sites excluding steroid dienone is 8. The zero-order valence-corrected chi connectivity index (χ0v) is 17.9. The fraction of sp³-hybridized carbons (Fsp3) is 0.360. The molecule has 26 heavy (non-hydrogen) atoms. The second kappa shape index (κ2) is 10.9. The van der Waals surface area contributed by atoms with Gasteiger partial charge in [-0.25, -0.2) is 0 Å². The summed E-state index contributed by atoms with van der Waals surface area (Å²) in [5.74, 6) is 2.83. The lowest BCUT2D eigenvalue weighted by Gasteiger charge is -2.19. The number of benzene rings is 1. The van der Waals surface area contributed by atoms with Crippen molar-refractivity contribution >= 4 is 11.8 Å². The normalized spacial score (nSPS) is 14.0. The van der Waals surface area contributed by atoms with Crippen LogP contribution in [0.4, 0.5) is 0 Å². The Kier molecular flexibility index (Phi) is 9.31. The molecule has 0 fully saturated rings. The Hall–Kier alpha value is -1.91. The molecule has 0 aliphatic carbocycles. The van der Waals surface area contributed by atoms with Crippen molar-refractivity contribution in [2.75, 3.05) is 0 Å². The van der Waals surface area contributed by atoms with Crippen molar-refractivity contribution in [2.24, 2.45) is 0 Å². The van der Waals surface area contributed by atoms with E-state index in [2.05, 4.69) is 95.2 Å². The number of thioether (sulfide) groups is 1. The molecule has 0 aliphatic rings. The molecule has 1 aromatic carbocycles. The van der Waals surface area contributed by atoms with Gasteiger partial charge in [-0.1, -0.05) is 80.6 Å². The van der Waals surface area contributed by atoms with Crippen LogP contribution in [0.2, 0.25) is 0 Å². The monoisotopic (exact) mass is 364 g/mol. The van der Waals surface area contributed by atoms with Gasteiger partial charge in [-0.3, -0.25) is 0 Å². The Morgan fingerprint density at radius 1 is 1.12 bits per heavy atom. The highest BCUT2D eigenvalue weighted by Crippen LogP contribution is 2.35. The van der Waals surface area contributed by atoms with Crippen molar-refractivity contribution in [3.8, 4) is 12.3 Å². The van der Waals surface area contributed by atoms with Gasteiger partial charge in [0.1, 0.15) is 0 Å². The Morgan fingerprint density at radius 3 is 2.27 bits per heavy atom. The van der Waals surface area contributed by atoms with Crippen LogP contribution in [-0.2, 0) is 5.41 Å². The Balaban J connectivity index is 3.16. The zero-order chi connectivity index (χ0) is 19.6. The van der Waals surface area contributed by atoms with E-state index in [0.717, 1.165) is 6.42 Å². The minimum absolute atomic E-state index is 0.172. The minimum atomic E-state index is 0.172. The van der Waals surface area contributed by atoms with Crippen molar-refractivity contribution in [2.45, 2.75) is 64.7 Å². The lowest BCUT2D eigenvalue weighted by molar-refractivity contribution is 0.590. The number of terminal acetylenes is 1. The molecule has 1 heteroatoms. The van der Waals surface area contributed by atoms with Crippen molar-refractivity contribution < 1.29 is 0 Å². The van der Waals surface area contributed by atoms with Gasteiger partial charge >= 0.3 is 0 Å². The van der Waals surface area contributed by atoms with Crippen LogP contribution in [0.3, 0.4) is 0 Å². The van der Waals surface area contributed by atoms with Gasteiger partial charge in [0, 0.05) is 16.2 Å². The van der Waals surface area contributed by atoms with Gasteiger partial charge < -0.3 is 0 Å². The quantitative estimate of drug-likeness (QED) is 0.270. The molecule has 0 saturated heterocycles. The molecule has 0 bridgehead atoms. The maximum Gasteiger partial charge on any atom is 0.0404 e. The smallest absolute Gasteiger partial charge is 0.0404 e. The molecule has 0 aliphatic heterocycles. The second-order valence-electron chi connectivity index (χ2n) is 7.42. The molecule has 0 N–H and O–H groups in total. The van der Waals surface area contributed by atoms with Gasteiger partial charge in [0.05, 0.1) is 0 Å². The summed E-state index contributed by atoms with van der Waals surface area (Å²) in [5.41, 5.74) is 4.15. The summed E-state index contributed by atoms with van der Waals surface area (Å²) in [7, 11) is 0. The Labute approximate surface area is 165 Å². The average molecular weight is 365 g/mol. The number of hydrogen-bond acceptors (Lipinski definition) is 1. The summed E-state index contributed by atoms with van der Waals surface area (Å²) in [5, 5.41) is 0. The van der Waals surface area contributed by atoms with Crippen LogP contribution in [0, 0.1) is 12.3 Å². The summed E-state index contributed by atoms with van der Waals surface area (Å²) >= 11 is 1.79. The van der Waals surface area contributed by atoms with E-state index >= 15 is 0 Å². The van der Waals surface area contributed by atoms with Crippen LogP contribution >= 0.6 is 11.8 Å². The van der Waals surface area contributed by atoms with Gasteiger partial charge in [0.2, 0.25) is 0 Å².